The Morgan fingerprint density at radius 1 is 1.23 bits per heavy atom. The number of aromatic nitrogens is 3. The highest BCUT2D eigenvalue weighted by atomic mass is 79.9. The van der Waals surface area contributed by atoms with Gasteiger partial charge in [-0.05, 0) is 40.2 Å². The third kappa shape index (κ3) is 1.75. The third-order valence-corrected chi connectivity index (χ3v) is 1.92. The minimum atomic E-state index is -0.265. The summed E-state index contributed by atoms with van der Waals surface area (Å²) in [6.45, 7) is 0. The molecule has 2 aromatic rings. The van der Waals surface area contributed by atoms with E-state index in [2.05, 4.69) is 31.1 Å². The average Bonchev–Trinajstić information content (AvgIpc) is 2.53. The molecular formula is C8H5BrFN3. The number of nitrogens with zero attached hydrogens (tertiary/aromatic N) is 2. The smallest absolute Gasteiger partial charge is 0.193 e. The van der Waals surface area contributed by atoms with Gasteiger partial charge in [0.25, 0.3) is 0 Å². The first-order chi connectivity index (χ1) is 6.25. The second-order valence-corrected chi connectivity index (χ2v) is 3.21. The molecule has 5 heteroatoms. The maximum absolute atomic E-state index is 12.5. The Kier molecular flexibility index (Phi) is 2.10. The largest absolute Gasteiger partial charge is 0.253 e. The molecule has 1 aromatic carbocycles. The molecule has 0 amide bonds. The Hall–Kier alpha value is -1.23. The van der Waals surface area contributed by atoms with Crippen molar-refractivity contribution in [3.63, 3.8) is 0 Å². The fourth-order valence-corrected chi connectivity index (χ4v) is 1.23. The van der Waals surface area contributed by atoms with E-state index in [4.69, 9.17) is 0 Å². The van der Waals surface area contributed by atoms with Crippen LogP contribution < -0.4 is 0 Å². The molecule has 0 spiro atoms. The maximum Gasteiger partial charge on any atom is 0.193 e. The van der Waals surface area contributed by atoms with Gasteiger partial charge in [-0.3, -0.25) is 5.10 Å². The molecule has 1 aromatic heterocycles. The van der Waals surface area contributed by atoms with Crippen LogP contribution in [0.3, 0.4) is 0 Å². The molecule has 2 rings (SSSR count). The second-order valence-electron chi connectivity index (χ2n) is 2.46. The summed E-state index contributed by atoms with van der Waals surface area (Å²) >= 11 is 3.14. The number of H-pyrrole nitrogens is 1. The summed E-state index contributed by atoms with van der Waals surface area (Å²) in [6.07, 6.45) is 0. The van der Waals surface area contributed by atoms with E-state index in [9.17, 15) is 4.39 Å². The quantitative estimate of drug-likeness (QED) is 0.833. The van der Waals surface area contributed by atoms with Crippen molar-refractivity contribution in [3.8, 4) is 11.4 Å². The van der Waals surface area contributed by atoms with Crippen molar-refractivity contribution in [3.05, 3.63) is 34.8 Å². The Morgan fingerprint density at radius 3 is 2.46 bits per heavy atom. The van der Waals surface area contributed by atoms with Crippen LogP contribution in [0.2, 0.25) is 0 Å². The van der Waals surface area contributed by atoms with Gasteiger partial charge < -0.3 is 0 Å². The molecule has 1 heterocycles. The van der Waals surface area contributed by atoms with E-state index in [-0.39, 0.29) is 5.82 Å². The molecule has 0 bridgehead atoms. The molecule has 66 valence electrons. The molecule has 0 fully saturated rings. The Morgan fingerprint density at radius 2 is 1.92 bits per heavy atom. The van der Waals surface area contributed by atoms with E-state index in [1.807, 2.05) is 0 Å². The van der Waals surface area contributed by atoms with Gasteiger partial charge in [0.1, 0.15) is 5.82 Å². The Balaban J connectivity index is 2.41. The Bertz CT molecular complexity index is 410. The van der Waals surface area contributed by atoms with Crippen molar-refractivity contribution >= 4 is 15.9 Å². The van der Waals surface area contributed by atoms with E-state index in [1.165, 1.54) is 12.1 Å². The zero-order valence-corrected chi connectivity index (χ0v) is 8.05. The number of hydrogen-bond donors (Lipinski definition) is 1. The number of rotatable bonds is 1. The van der Waals surface area contributed by atoms with Gasteiger partial charge in [-0.15, -0.1) is 0 Å². The highest BCUT2D eigenvalue weighted by molar-refractivity contribution is 9.10. The third-order valence-electron chi connectivity index (χ3n) is 1.56. The standard InChI is InChI=1S/C8H5BrFN3/c9-8-11-7(12-13-8)5-1-3-6(10)4-2-5/h1-4H,(H,11,12,13). The SMILES string of the molecule is Fc1ccc(-c2n[nH]c(Br)n2)cc1. The van der Waals surface area contributed by atoms with Crippen molar-refractivity contribution < 1.29 is 4.39 Å². The molecule has 3 nitrogen and oxygen atoms in total. The van der Waals surface area contributed by atoms with Crippen LogP contribution in [0.1, 0.15) is 0 Å². The summed E-state index contributed by atoms with van der Waals surface area (Å²) < 4.78 is 13.1. The number of aromatic amines is 1. The summed E-state index contributed by atoms with van der Waals surface area (Å²) in [7, 11) is 0. The summed E-state index contributed by atoms with van der Waals surface area (Å²) in [5.74, 6) is 0.283. The van der Waals surface area contributed by atoms with E-state index in [0.29, 0.717) is 10.6 Å². The van der Waals surface area contributed by atoms with Crippen LogP contribution in [0, 0.1) is 5.82 Å². The molecule has 13 heavy (non-hydrogen) atoms. The van der Waals surface area contributed by atoms with Crippen molar-refractivity contribution in [2.75, 3.05) is 0 Å². The van der Waals surface area contributed by atoms with Gasteiger partial charge in [0.05, 0.1) is 0 Å². The van der Waals surface area contributed by atoms with Crippen LogP contribution in [-0.2, 0) is 0 Å². The van der Waals surface area contributed by atoms with Crippen molar-refractivity contribution in [1.82, 2.24) is 15.2 Å². The molecule has 1 N–H and O–H groups in total. The first-order valence-electron chi connectivity index (χ1n) is 3.59. The van der Waals surface area contributed by atoms with E-state index < -0.39 is 0 Å². The molecule has 0 aliphatic carbocycles. The second kappa shape index (κ2) is 3.26. The summed E-state index contributed by atoms with van der Waals surface area (Å²) in [6, 6.07) is 6.01. The predicted molar refractivity (Wildman–Crippen MR) is 49.5 cm³/mol. The molecule has 0 unspecified atom stereocenters. The fraction of sp³-hybridized carbons (Fsp3) is 0. The average molecular weight is 242 g/mol. The van der Waals surface area contributed by atoms with Gasteiger partial charge in [-0.1, -0.05) is 0 Å². The number of benzene rings is 1. The van der Waals surface area contributed by atoms with Gasteiger partial charge in [-0.25, -0.2) is 9.37 Å². The topological polar surface area (TPSA) is 41.6 Å². The Labute approximate surface area is 82.1 Å². The normalized spacial score (nSPS) is 10.3. The highest BCUT2D eigenvalue weighted by Gasteiger charge is 2.03. The predicted octanol–water partition coefficient (Wildman–Crippen LogP) is 2.37. The molecule has 0 saturated carbocycles. The summed E-state index contributed by atoms with van der Waals surface area (Å²) in [5.41, 5.74) is 0.781. The maximum atomic E-state index is 12.5. The van der Waals surface area contributed by atoms with Gasteiger partial charge in [0.2, 0.25) is 0 Å². The van der Waals surface area contributed by atoms with Crippen LogP contribution >= 0.6 is 15.9 Å². The van der Waals surface area contributed by atoms with E-state index >= 15 is 0 Å². The lowest BCUT2D eigenvalue weighted by Crippen LogP contribution is -1.80. The zero-order valence-electron chi connectivity index (χ0n) is 6.46. The van der Waals surface area contributed by atoms with Gasteiger partial charge in [-0.2, -0.15) is 5.10 Å². The van der Waals surface area contributed by atoms with Crippen LogP contribution in [0.4, 0.5) is 4.39 Å². The number of hydrogen-bond acceptors (Lipinski definition) is 2. The van der Waals surface area contributed by atoms with Crippen LogP contribution in [-0.4, -0.2) is 15.2 Å². The molecule has 0 atom stereocenters. The van der Waals surface area contributed by atoms with Crippen LogP contribution in [0.15, 0.2) is 29.0 Å². The van der Waals surface area contributed by atoms with E-state index in [0.717, 1.165) is 5.56 Å². The van der Waals surface area contributed by atoms with Gasteiger partial charge in [0, 0.05) is 5.56 Å². The fourth-order valence-electron chi connectivity index (χ4n) is 0.970. The molecule has 0 saturated heterocycles. The minimum absolute atomic E-state index is 0.265. The lowest BCUT2D eigenvalue weighted by Gasteiger charge is -1.92. The van der Waals surface area contributed by atoms with Gasteiger partial charge >= 0.3 is 0 Å². The highest BCUT2D eigenvalue weighted by Crippen LogP contribution is 2.16. The number of nitrogens with one attached hydrogen (secondary N) is 1. The number of halogens is 2. The molecule has 0 radical (unpaired) electrons. The molecule has 0 aliphatic rings. The first kappa shape index (κ1) is 8.37. The zero-order chi connectivity index (χ0) is 9.26. The first-order valence-corrected chi connectivity index (χ1v) is 4.39. The van der Waals surface area contributed by atoms with E-state index in [1.54, 1.807) is 12.1 Å². The van der Waals surface area contributed by atoms with Crippen molar-refractivity contribution in [1.29, 1.82) is 0 Å². The van der Waals surface area contributed by atoms with Crippen LogP contribution in [0.25, 0.3) is 11.4 Å². The lowest BCUT2D eigenvalue weighted by molar-refractivity contribution is 0.628. The molecular weight excluding hydrogens is 237 g/mol. The van der Waals surface area contributed by atoms with Gasteiger partial charge in [0.15, 0.2) is 10.6 Å². The van der Waals surface area contributed by atoms with Crippen molar-refractivity contribution in [2.45, 2.75) is 0 Å². The lowest BCUT2D eigenvalue weighted by atomic mass is 10.2. The monoisotopic (exact) mass is 241 g/mol. The summed E-state index contributed by atoms with van der Waals surface area (Å²) in [4.78, 5) is 4.04. The van der Waals surface area contributed by atoms with Crippen LogP contribution in [0.5, 0.6) is 0 Å². The minimum Gasteiger partial charge on any atom is -0.253 e. The van der Waals surface area contributed by atoms with Crippen molar-refractivity contribution in [2.24, 2.45) is 0 Å². The molecule has 0 aliphatic heterocycles. The summed E-state index contributed by atoms with van der Waals surface area (Å²) in [5, 5.41) is 6.55.